The summed E-state index contributed by atoms with van der Waals surface area (Å²) in [5.74, 6) is -0.0633. The fraction of sp³-hybridized carbons (Fsp3) is 0.400. The molecule has 2 N–H and O–H groups in total. The maximum atomic E-state index is 11.1. The van der Waals surface area contributed by atoms with E-state index in [9.17, 15) is 15.0 Å². The Labute approximate surface area is 108 Å². The van der Waals surface area contributed by atoms with Gasteiger partial charge in [0.2, 0.25) is 0 Å². The standard InChI is InChI=1S/C15H20O3/c1-4-6-7-10(3)12-8-14(17)11(5-2)15(18)13(12)9-16/h7-9,17-18H,4-6H2,1-3H3. The molecular weight excluding hydrogens is 228 g/mol. The Morgan fingerprint density at radius 2 is 2.00 bits per heavy atom. The summed E-state index contributed by atoms with van der Waals surface area (Å²) in [4.78, 5) is 11.1. The third-order valence-corrected chi connectivity index (χ3v) is 3.06. The van der Waals surface area contributed by atoms with Crippen LogP contribution >= 0.6 is 0 Å². The second-order valence-electron chi connectivity index (χ2n) is 4.33. The summed E-state index contributed by atoms with van der Waals surface area (Å²) < 4.78 is 0. The molecular formula is C15H20O3. The molecule has 0 saturated heterocycles. The van der Waals surface area contributed by atoms with Crippen molar-refractivity contribution in [2.24, 2.45) is 0 Å². The van der Waals surface area contributed by atoms with Crippen LogP contribution in [0.3, 0.4) is 0 Å². The van der Waals surface area contributed by atoms with Crippen LogP contribution in [0, 0.1) is 0 Å². The Morgan fingerprint density at radius 1 is 1.33 bits per heavy atom. The van der Waals surface area contributed by atoms with Crippen LogP contribution in [0.2, 0.25) is 0 Å². The van der Waals surface area contributed by atoms with Crippen molar-refractivity contribution in [3.63, 3.8) is 0 Å². The van der Waals surface area contributed by atoms with Gasteiger partial charge in [0.15, 0.2) is 6.29 Å². The average molecular weight is 248 g/mol. The number of allylic oxidation sites excluding steroid dienone is 2. The number of aldehydes is 1. The predicted octanol–water partition coefficient (Wildman–Crippen LogP) is 3.68. The van der Waals surface area contributed by atoms with E-state index in [1.165, 1.54) is 0 Å². The number of phenols is 2. The molecule has 98 valence electrons. The van der Waals surface area contributed by atoms with Crippen LogP contribution in [-0.4, -0.2) is 16.5 Å². The zero-order valence-corrected chi connectivity index (χ0v) is 11.2. The van der Waals surface area contributed by atoms with E-state index in [1.54, 1.807) is 6.07 Å². The minimum Gasteiger partial charge on any atom is -0.508 e. The van der Waals surface area contributed by atoms with Crippen molar-refractivity contribution >= 4 is 11.9 Å². The zero-order chi connectivity index (χ0) is 13.7. The lowest BCUT2D eigenvalue weighted by molar-refractivity contribution is 0.112. The molecule has 0 aromatic heterocycles. The van der Waals surface area contributed by atoms with Gasteiger partial charge in [0, 0.05) is 5.56 Å². The van der Waals surface area contributed by atoms with E-state index < -0.39 is 0 Å². The molecule has 0 amide bonds. The molecule has 1 rings (SSSR count). The maximum Gasteiger partial charge on any atom is 0.154 e. The molecule has 0 spiro atoms. The molecule has 3 nitrogen and oxygen atoms in total. The summed E-state index contributed by atoms with van der Waals surface area (Å²) in [6.07, 6.45) is 5.05. The molecule has 1 aromatic rings. The summed E-state index contributed by atoms with van der Waals surface area (Å²) in [5, 5.41) is 19.9. The van der Waals surface area contributed by atoms with Gasteiger partial charge in [-0.2, -0.15) is 0 Å². The van der Waals surface area contributed by atoms with E-state index in [0.717, 1.165) is 18.4 Å². The molecule has 1 aromatic carbocycles. The smallest absolute Gasteiger partial charge is 0.154 e. The van der Waals surface area contributed by atoms with Crippen LogP contribution < -0.4 is 0 Å². The first kappa shape index (κ1) is 14.3. The first-order chi connectivity index (χ1) is 8.56. The first-order valence-corrected chi connectivity index (χ1v) is 6.26. The van der Waals surface area contributed by atoms with E-state index in [1.807, 2.05) is 19.9 Å². The summed E-state index contributed by atoms with van der Waals surface area (Å²) in [5.41, 5.74) is 2.18. The van der Waals surface area contributed by atoms with Gasteiger partial charge in [0.1, 0.15) is 11.5 Å². The van der Waals surface area contributed by atoms with Gasteiger partial charge >= 0.3 is 0 Å². The van der Waals surface area contributed by atoms with E-state index in [0.29, 0.717) is 23.8 Å². The summed E-state index contributed by atoms with van der Waals surface area (Å²) >= 11 is 0. The minimum atomic E-state index is -0.105. The summed E-state index contributed by atoms with van der Waals surface area (Å²) in [6, 6.07) is 1.56. The lowest BCUT2D eigenvalue weighted by Gasteiger charge is -2.13. The highest BCUT2D eigenvalue weighted by Gasteiger charge is 2.16. The summed E-state index contributed by atoms with van der Waals surface area (Å²) in [7, 11) is 0. The second-order valence-corrected chi connectivity index (χ2v) is 4.33. The van der Waals surface area contributed by atoms with Crippen LogP contribution in [0.1, 0.15) is 55.1 Å². The molecule has 3 heteroatoms. The Morgan fingerprint density at radius 3 is 2.50 bits per heavy atom. The fourth-order valence-corrected chi connectivity index (χ4v) is 1.98. The molecule has 0 saturated carbocycles. The van der Waals surface area contributed by atoms with Crippen LogP contribution in [-0.2, 0) is 6.42 Å². The Bertz CT molecular complexity index is 473. The third kappa shape index (κ3) is 2.73. The van der Waals surface area contributed by atoms with Crippen LogP contribution in [0.25, 0.3) is 5.57 Å². The van der Waals surface area contributed by atoms with Gasteiger partial charge in [0.05, 0.1) is 5.56 Å². The molecule has 0 aliphatic heterocycles. The molecule has 0 heterocycles. The molecule has 18 heavy (non-hydrogen) atoms. The van der Waals surface area contributed by atoms with Crippen molar-refractivity contribution in [1.82, 2.24) is 0 Å². The highest BCUT2D eigenvalue weighted by molar-refractivity contribution is 5.90. The van der Waals surface area contributed by atoms with Crippen LogP contribution in [0.15, 0.2) is 12.1 Å². The van der Waals surface area contributed by atoms with Crippen molar-refractivity contribution in [1.29, 1.82) is 0 Å². The highest BCUT2D eigenvalue weighted by Crippen LogP contribution is 2.36. The van der Waals surface area contributed by atoms with Gasteiger partial charge in [-0.15, -0.1) is 0 Å². The number of carbonyl (C=O) groups is 1. The SMILES string of the molecule is CCCC=C(C)c1cc(O)c(CC)c(O)c1C=O. The molecule has 0 aliphatic carbocycles. The Balaban J connectivity index is 3.41. The average Bonchev–Trinajstić information content (AvgIpc) is 2.35. The Kier molecular flexibility index (Phi) is 4.95. The lowest BCUT2D eigenvalue weighted by atomic mass is 9.95. The van der Waals surface area contributed by atoms with Crippen molar-refractivity contribution in [2.45, 2.75) is 40.0 Å². The van der Waals surface area contributed by atoms with Crippen LogP contribution in [0.4, 0.5) is 0 Å². The molecule has 0 radical (unpaired) electrons. The monoisotopic (exact) mass is 248 g/mol. The fourth-order valence-electron chi connectivity index (χ4n) is 1.98. The van der Waals surface area contributed by atoms with Gasteiger partial charge in [-0.1, -0.05) is 26.3 Å². The molecule has 0 bridgehead atoms. The largest absolute Gasteiger partial charge is 0.508 e. The van der Waals surface area contributed by atoms with Gasteiger partial charge in [-0.25, -0.2) is 0 Å². The molecule has 0 aliphatic rings. The van der Waals surface area contributed by atoms with Gasteiger partial charge in [0.25, 0.3) is 0 Å². The van der Waals surface area contributed by atoms with E-state index >= 15 is 0 Å². The number of aromatic hydroxyl groups is 2. The predicted molar refractivity (Wildman–Crippen MR) is 73.1 cm³/mol. The zero-order valence-electron chi connectivity index (χ0n) is 11.2. The third-order valence-electron chi connectivity index (χ3n) is 3.06. The normalized spacial score (nSPS) is 11.6. The highest BCUT2D eigenvalue weighted by atomic mass is 16.3. The van der Waals surface area contributed by atoms with Crippen molar-refractivity contribution in [2.75, 3.05) is 0 Å². The van der Waals surface area contributed by atoms with Crippen molar-refractivity contribution in [3.05, 3.63) is 28.8 Å². The number of hydrogen-bond donors (Lipinski definition) is 2. The molecule has 0 atom stereocenters. The number of carbonyl (C=O) groups excluding carboxylic acids is 1. The number of phenolic OH excluding ortho intramolecular Hbond substituents is 2. The molecule has 0 fully saturated rings. The topological polar surface area (TPSA) is 57.5 Å². The Hall–Kier alpha value is -1.77. The number of rotatable bonds is 5. The lowest BCUT2D eigenvalue weighted by Crippen LogP contribution is -1.96. The first-order valence-electron chi connectivity index (χ1n) is 6.26. The van der Waals surface area contributed by atoms with Crippen molar-refractivity contribution < 1.29 is 15.0 Å². The quantitative estimate of drug-likeness (QED) is 0.781. The second kappa shape index (κ2) is 6.24. The van der Waals surface area contributed by atoms with Crippen molar-refractivity contribution in [3.8, 4) is 11.5 Å². The van der Waals surface area contributed by atoms with Crippen LogP contribution in [0.5, 0.6) is 11.5 Å². The maximum absolute atomic E-state index is 11.1. The van der Waals surface area contributed by atoms with Gasteiger partial charge in [-0.3, -0.25) is 4.79 Å². The molecule has 0 unspecified atom stereocenters. The van der Waals surface area contributed by atoms with Gasteiger partial charge < -0.3 is 10.2 Å². The number of unbranched alkanes of at least 4 members (excludes halogenated alkanes) is 1. The number of hydrogen-bond acceptors (Lipinski definition) is 3. The van der Waals surface area contributed by atoms with E-state index in [2.05, 4.69) is 6.92 Å². The number of benzene rings is 1. The van der Waals surface area contributed by atoms with E-state index in [4.69, 9.17) is 0 Å². The summed E-state index contributed by atoms with van der Waals surface area (Å²) in [6.45, 7) is 5.77. The van der Waals surface area contributed by atoms with E-state index in [-0.39, 0.29) is 17.1 Å². The minimum absolute atomic E-state index is 0.0415. The van der Waals surface area contributed by atoms with Gasteiger partial charge in [-0.05, 0) is 37.0 Å².